The molecule has 0 aliphatic heterocycles. The molecule has 4 heteroatoms. The molecular weight excluding hydrogens is 168 g/mol. The van der Waals surface area contributed by atoms with Gasteiger partial charge in [0.05, 0.1) is 0 Å². The van der Waals surface area contributed by atoms with Gasteiger partial charge < -0.3 is 5.73 Å². The molecule has 0 aliphatic rings. The van der Waals surface area contributed by atoms with Crippen LogP contribution in [0, 0.1) is 0 Å². The lowest BCUT2D eigenvalue weighted by Gasteiger charge is -1.98. The van der Waals surface area contributed by atoms with Crippen LogP contribution in [0.4, 0.5) is 0 Å². The number of thiazole rings is 1. The van der Waals surface area contributed by atoms with Gasteiger partial charge in [-0.2, -0.15) is 0 Å². The fourth-order valence-corrected chi connectivity index (χ4v) is 1.81. The summed E-state index contributed by atoms with van der Waals surface area (Å²) >= 11 is 7.10. The summed E-state index contributed by atoms with van der Waals surface area (Å²) in [6, 6.07) is 0.191. The van der Waals surface area contributed by atoms with E-state index in [-0.39, 0.29) is 6.04 Å². The molecule has 56 valence electrons. The van der Waals surface area contributed by atoms with E-state index in [0.717, 1.165) is 11.3 Å². The van der Waals surface area contributed by atoms with Crippen molar-refractivity contribution < 1.29 is 0 Å². The van der Waals surface area contributed by atoms with Crippen molar-refractivity contribution >= 4 is 22.9 Å². The highest BCUT2D eigenvalue weighted by Crippen LogP contribution is 2.18. The van der Waals surface area contributed by atoms with Crippen molar-refractivity contribution in [2.75, 3.05) is 0 Å². The lowest BCUT2D eigenvalue weighted by Crippen LogP contribution is -2.16. The highest BCUT2D eigenvalue weighted by molar-refractivity contribution is 7.15. The van der Waals surface area contributed by atoms with E-state index >= 15 is 0 Å². The van der Waals surface area contributed by atoms with Crippen molar-refractivity contribution in [3.05, 3.63) is 15.5 Å². The maximum Gasteiger partial charge on any atom is 0.183 e. The van der Waals surface area contributed by atoms with Crippen LogP contribution in [0.2, 0.25) is 4.47 Å². The van der Waals surface area contributed by atoms with Gasteiger partial charge in [0.15, 0.2) is 4.47 Å². The molecule has 0 saturated carbocycles. The van der Waals surface area contributed by atoms with Crippen LogP contribution < -0.4 is 5.73 Å². The molecule has 0 saturated heterocycles. The highest BCUT2D eigenvalue weighted by atomic mass is 35.5. The van der Waals surface area contributed by atoms with Gasteiger partial charge in [-0.1, -0.05) is 11.6 Å². The fourth-order valence-electron chi connectivity index (χ4n) is 0.695. The Hall–Kier alpha value is -0.120. The number of nitrogens with zero attached hydrogens (tertiary/aromatic N) is 1. The first kappa shape index (κ1) is 7.98. The standard InChI is InChI=1S/C6H9ClN2S/c1-4(8)2-5-3-9-6(7)10-5/h3-4H,2,8H2,1H3/t4-/m1/s1. The van der Waals surface area contributed by atoms with E-state index in [1.165, 1.54) is 11.3 Å². The molecule has 0 fully saturated rings. The van der Waals surface area contributed by atoms with Crippen molar-refractivity contribution in [3.8, 4) is 0 Å². The predicted molar refractivity (Wildman–Crippen MR) is 44.5 cm³/mol. The predicted octanol–water partition coefficient (Wildman–Crippen LogP) is 1.69. The second-order valence-electron chi connectivity index (χ2n) is 2.26. The van der Waals surface area contributed by atoms with Gasteiger partial charge in [-0.25, -0.2) is 4.98 Å². The Kier molecular flexibility index (Phi) is 2.65. The van der Waals surface area contributed by atoms with E-state index in [0.29, 0.717) is 4.47 Å². The minimum absolute atomic E-state index is 0.191. The second kappa shape index (κ2) is 3.32. The minimum Gasteiger partial charge on any atom is -0.328 e. The van der Waals surface area contributed by atoms with Crippen molar-refractivity contribution in [3.63, 3.8) is 0 Å². The largest absolute Gasteiger partial charge is 0.328 e. The molecule has 1 aromatic rings. The van der Waals surface area contributed by atoms with Gasteiger partial charge in [-0.05, 0) is 13.3 Å². The van der Waals surface area contributed by atoms with E-state index in [1.54, 1.807) is 6.20 Å². The Labute approximate surface area is 69.0 Å². The number of aromatic nitrogens is 1. The van der Waals surface area contributed by atoms with Crippen molar-refractivity contribution in [1.82, 2.24) is 4.98 Å². The molecule has 0 aliphatic carbocycles. The average Bonchev–Trinajstić information content (AvgIpc) is 2.13. The second-order valence-corrected chi connectivity index (χ2v) is 3.96. The van der Waals surface area contributed by atoms with E-state index in [2.05, 4.69) is 4.98 Å². The van der Waals surface area contributed by atoms with Crippen LogP contribution >= 0.6 is 22.9 Å². The molecule has 0 spiro atoms. The molecule has 1 atom stereocenters. The van der Waals surface area contributed by atoms with Crippen molar-refractivity contribution in [2.45, 2.75) is 19.4 Å². The molecule has 0 amide bonds. The number of halogens is 1. The average molecular weight is 177 g/mol. The molecule has 0 bridgehead atoms. The molecule has 10 heavy (non-hydrogen) atoms. The van der Waals surface area contributed by atoms with Crippen LogP contribution in [0.25, 0.3) is 0 Å². The third-order valence-corrected chi connectivity index (χ3v) is 2.19. The lowest BCUT2D eigenvalue weighted by molar-refractivity contribution is 0.745. The molecule has 1 aromatic heterocycles. The summed E-state index contributed by atoms with van der Waals surface area (Å²) in [5.41, 5.74) is 5.57. The van der Waals surface area contributed by atoms with Crippen molar-refractivity contribution in [1.29, 1.82) is 0 Å². The van der Waals surface area contributed by atoms with Crippen LogP contribution in [0.5, 0.6) is 0 Å². The van der Waals surface area contributed by atoms with Gasteiger partial charge in [0.1, 0.15) is 0 Å². The summed E-state index contributed by atoms with van der Waals surface area (Å²) in [5.74, 6) is 0. The number of hydrogen-bond donors (Lipinski definition) is 1. The van der Waals surface area contributed by atoms with Gasteiger partial charge in [-0.3, -0.25) is 0 Å². The lowest BCUT2D eigenvalue weighted by atomic mass is 10.2. The van der Waals surface area contributed by atoms with Crippen LogP contribution in [0.1, 0.15) is 11.8 Å². The van der Waals surface area contributed by atoms with Gasteiger partial charge in [0, 0.05) is 17.1 Å². The Balaban J connectivity index is 2.58. The number of rotatable bonds is 2. The van der Waals surface area contributed by atoms with Crippen molar-refractivity contribution in [2.24, 2.45) is 5.73 Å². The normalized spacial score (nSPS) is 13.5. The van der Waals surface area contributed by atoms with Crippen LogP contribution in [-0.4, -0.2) is 11.0 Å². The Bertz CT molecular complexity index is 209. The van der Waals surface area contributed by atoms with E-state index in [9.17, 15) is 0 Å². The van der Waals surface area contributed by atoms with Gasteiger partial charge in [0.25, 0.3) is 0 Å². The zero-order valence-electron chi connectivity index (χ0n) is 5.67. The fraction of sp³-hybridized carbons (Fsp3) is 0.500. The number of hydrogen-bond acceptors (Lipinski definition) is 3. The molecule has 1 heterocycles. The van der Waals surface area contributed by atoms with Gasteiger partial charge >= 0.3 is 0 Å². The third kappa shape index (κ3) is 2.25. The molecule has 0 radical (unpaired) electrons. The zero-order chi connectivity index (χ0) is 7.56. The van der Waals surface area contributed by atoms with Gasteiger partial charge in [0.2, 0.25) is 0 Å². The first-order valence-electron chi connectivity index (χ1n) is 3.04. The summed E-state index contributed by atoms with van der Waals surface area (Å²) in [6.07, 6.45) is 2.64. The molecule has 1 rings (SSSR count). The summed E-state index contributed by atoms with van der Waals surface area (Å²) in [5, 5.41) is 0. The molecule has 2 N–H and O–H groups in total. The monoisotopic (exact) mass is 176 g/mol. The smallest absolute Gasteiger partial charge is 0.183 e. The SMILES string of the molecule is C[C@@H](N)Cc1cnc(Cl)s1. The third-order valence-electron chi connectivity index (χ3n) is 1.05. The summed E-state index contributed by atoms with van der Waals surface area (Å²) in [6.45, 7) is 1.97. The Morgan fingerprint density at radius 1 is 1.90 bits per heavy atom. The molecular formula is C6H9ClN2S. The van der Waals surface area contributed by atoms with E-state index in [4.69, 9.17) is 17.3 Å². The first-order chi connectivity index (χ1) is 4.68. The summed E-state index contributed by atoms with van der Waals surface area (Å²) < 4.78 is 0.593. The summed E-state index contributed by atoms with van der Waals surface area (Å²) in [7, 11) is 0. The van der Waals surface area contributed by atoms with Gasteiger partial charge in [-0.15, -0.1) is 11.3 Å². The van der Waals surface area contributed by atoms with Crippen LogP contribution in [-0.2, 0) is 6.42 Å². The maximum absolute atomic E-state index is 5.61. The highest BCUT2D eigenvalue weighted by Gasteiger charge is 2.01. The quantitative estimate of drug-likeness (QED) is 0.745. The maximum atomic E-state index is 5.61. The van der Waals surface area contributed by atoms with Crippen LogP contribution in [0.15, 0.2) is 6.20 Å². The van der Waals surface area contributed by atoms with E-state index in [1.807, 2.05) is 6.92 Å². The minimum atomic E-state index is 0.191. The first-order valence-corrected chi connectivity index (χ1v) is 4.23. The van der Waals surface area contributed by atoms with E-state index < -0.39 is 0 Å². The topological polar surface area (TPSA) is 38.9 Å². The Morgan fingerprint density at radius 3 is 3.00 bits per heavy atom. The Morgan fingerprint density at radius 2 is 2.60 bits per heavy atom. The number of nitrogens with two attached hydrogens (primary N) is 1. The molecule has 0 aromatic carbocycles. The van der Waals surface area contributed by atoms with Crippen LogP contribution in [0.3, 0.4) is 0 Å². The molecule has 2 nitrogen and oxygen atoms in total. The zero-order valence-corrected chi connectivity index (χ0v) is 7.25. The summed E-state index contributed by atoms with van der Waals surface area (Å²) in [4.78, 5) is 5.05. The molecule has 0 unspecified atom stereocenters.